The first-order valence-electron chi connectivity index (χ1n) is 8.23. The molecule has 0 aliphatic rings. The number of amides is 1. The molecule has 0 aliphatic heterocycles. The van der Waals surface area contributed by atoms with Gasteiger partial charge in [-0.1, -0.05) is 30.3 Å². The number of halogens is 4. The van der Waals surface area contributed by atoms with Gasteiger partial charge in [0.25, 0.3) is 0 Å². The Hall–Kier alpha value is -1.89. The van der Waals surface area contributed by atoms with E-state index < -0.39 is 11.9 Å². The van der Waals surface area contributed by atoms with E-state index in [-0.39, 0.29) is 48.0 Å². The summed E-state index contributed by atoms with van der Waals surface area (Å²) in [5.74, 6) is 0.0702. The average Bonchev–Trinajstić information content (AvgIpc) is 3.12. The summed E-state index contributed by atoms with van der Waals surface area (Å²) in [5.41, 5.74) is 0.0654. The molecule has 154 valence electrons. The minimum Gasteiger partial charge on any atom is -0.357 e. The quantitative estimate of drug-likeness (QED) is 0.294. The molecule has 0 radical (unpaired) electrons. The fourth-order valence-corrected chi connectivity index (χ4v) is 2.77. The molecule has 0 saturated carbocycles. The van der Waals surface area contributed by atoms with Gasteiger partial charge in [0.15, 0.2) is 11.7 Å². The van der Waals surface area contributed by atoms with E-state index in [0.29, 0.717) is 19.0 Å². The van der Waals surface area contributed by atoms with Gasteiger partial charge in [0, 0.05) is 18.5 Å². The normalized spacial score (nSPS) is 11.5. The summed E-state index contributed by atoms with van der Waals surface area (Å²) in [6, 6.07) is 9.46. The van der Waals surface area contributed by atoms with Crippen molar-refractivity contribution in [3.05, 3.63) is 52.0 Å². The molecule has 0 bridgehead atoms. The van der Waals surface area contributed by atoms with Gasteiger partial charge in [0.05, 0.1) is 6.54 Å². The molecule has 1 amide bonds. The summed E-state index contributed by atoms with van der Waals surface area (Å²) in [6.07, 6.45) is -4.45. The van der Waals surface area contributed by atoms with E-state index in [4.69, 9.17) is 0 Å². The van der Waals surface area contributed by atoms with Crippen LogP contribution in [0.5, 0.6) is 0 Å². The Morgan fingerprint density at radius 2 is 1.86 bits per heavy atom. The molecule has 1 aromatic heterocycles. The number of thiazole rings is 1. The van der Waals surface area contributed by atoms with E-state index in [2.05, 4.69) is 25.9 Å². The molecule has 1 aromatic carbocycles. The molecule has 0 atom stereocenters. The van der Waals surface area contributed by atoms with Crippen molar-refractivity contribution in [2.24, 2.45) is 4.99 Å². The Morgan fingerprint density at radius 3 is 2.46 bits per heavy atom. The summed E-state index contributed by atoms with van der Waals surface area (Å²) in [4.78, 5) is 19.6. The molecule has 2 aromatic rings. The van der Waals surface area contributed by atoms with Crippen LogP contribution < -0.4 is 16.0 Å². The van der Waals surface area contributed by atoms with Crippen LogP contribution >= 0.6 is 35.3 Å². The predicted molar refractivity (Wildman–Crippen MR) is 114 cm³/mol. The fraction of sp³-hybridized carbons (Fsp3) is 0.353. The van der Waals surface area contributed by atoms with E-state index in [9.17, 15) is 18.0 Å². The van der Waals surface area contributed by atoms with E-state index >= 15 is 0 Å². The van der Waals surface area contributed by atoms with E-state index in [0.717, 1.165) is 22.3 Å². The molecule has 1 heterocycles. The Balaban J connectivity index is 0.00000392. The van der Waals surface area contributed by atoms with Gasteiger partial charge in [-0.15, -0.1) is 35.3 Å². The van der Waals surface area contributed by atoms with Gasteiger partial charge in [-0.25, -0.2) is 9.98 Å². The first-order valence-corrected chi connectivity index (χ1v) is 9.11. The fourth-order valence-electron chi connectivity index (χ4n) is 2.03. The van der Waals surface area contributed by atoms with E-state index in [1.54, 1.807) is 0 Å². The Bertz CT molecular complexity index is 768. The number of carbonyl (C=O) groups excluding carboxylic acids is 1. The lowest BCUT2D eigenvalue weighted by atomic mass is 10.2. The van der Waals surface area contributed by atoms with Crippen LogP contribution in [0.15, 0.2) is 40.7 Å². The number of hydrogen-bond donors (Lipinski definition) is 3. The van der Waals surface area contributed by atoms with Gasteiger partial charge in [-0.2, -0.15) is 13.2 Å². The van der Waals surface area contributed by atoms with Crippen molar-refractivity contribution in [1.82, 2.24) is 20.9 Å². The van der Waals surface area contributed by atoms with E-state index in [1.807, 2.05) is 37.3 Å². The number of rotatable bonds is 7. The van der Waals surface area contributed by atoms with Crippen LogP contribution in [0, 0.1) is 0 Å². The molecule has 0 saturated heterocycles. The number of nitrogens with zero attached hydrogens (tertiary/aromatic N) is 2. The lowest BCUT2D eigenvalue weighted by Gasteiger charge is -2.10. The van der Waals surface area contributed by atoms with Crippen LogP contribution in [0.1, 0.15) is 23.2 Å². The van der Waals surface area contributed by atoms with Crippen LogP contribution in [-0.2, 0) is 24.1 Å². The van der Waals surface area contributed by atoms with Gasteiger partial charge in [-0.3, -0.25) is 4.79 Å². The lowest BCUT2D eigenvalue weighted by Crippen LogP contribution is -2.38. The minimum atomic E-state index is -4.45. The molecular formula is C17H21F3IN5OS. The standard InChI is InChI=1S/C17H20F3N5OS.HI/c1-2-21-16(24-10-15-25-13(11-27-15)17(18,19)20)23-9-14(26)22-8-12-6-4-3-5-7-12;/h3-7,11H,2,8-10H2,1H3,(H,22,26)(H2,21,23,24);1H. The summed E-state index contributed by atoms with van der Waals surface area (Å²) in [5, 5.41) is 9.81. The predicted octanol–water partition coefficient (Wildman–Crippen LogP) is 3.15. The molecule has 11 heteroatoms. The third kappa shape index (κ3) is 8.42. The smallest absolute Gasteiger partial charge is 0.357 e. The molecule has 0 unspecified atom stereocenters. The third-order valence-electron chi connectivity index (χ3n) is 3.31. The highest BCUT2D eigenvalue weighted by Gasteiger charge is 2.33. The first kappa shape index (κ1) is 24.1. The highest BCUT2D eigenvalue weighted by atomic mass is 127. The number of nitrogens with one attached hydrogen (secondary N) is 3. The Labute approximate surface area is 182 Å². The molecule has 0 fully saturated rings. The van der Waals surface area contributed by atoms with Gasteiger partial charge in [0.1, 0.15) is 11.6 Å². The number of benzene rings is 1. The van der Waals surface area contributed by atoms with Crippen molar-refractivity contribution in [2.45, 2.75) is 26.2 Å². The van der Waals surface area contributed by atoms with Crippen LogP contribution in [0.4, 0.5) is 13.2 Å². The molecule has 0 spiro atoms. The van der Waals surface area contributed by atoms with Crippen molar-refractivity contribution >= 4 is 47.2 Å². The maximum Gasteiger partial charge on any atom is 0.434 e. The number of carbonyl (C=O) groups is 1. The molecule has 2 rings (SSSR count). The van der Waals surface area contributed by atoms with Gasteiger partial charge < -0.3 is 16.0 Å². The topological polar surface area (TPSA) is 78.4 Å². The minimum absolute atomic E-state index is 0. The number of alkyl halides is 3. The van der Waals surface area contributed by atoms with Crippen LogP contribution in [0.3, 0.4) is 0 Å². The van der Waals surface area contributed by atoms with Crippen molar-refractivity contribution < 1.29 is 18.0 Å². The SMILES string of the molecule is CCNC(=NCC(=O)NCc1ccccc1)NCc1nc(C(F)(F)F)cs1.I. The lowest BCUT2D eigenvalue weighted by molar-refractivity contribution is -0.140. The number of guanidine groups is 1. The summed E-state index contributed by atoms with van der Waals surface area (Å²) >= 11 is 0.911. The van der Waals surface area contributed by atoms with Crippen molar-refractivity contribution in [3.8, 4) is 0 Å². The monoisotopic (exact) mass is 527 g/mol. The first-order chi connectivity index (χ1) is 12.9. The largest absolute Gasteiger partial charge is 0.434 e. The molecule has 3 N–H and O–H groups in total. The zero-order valence-corrected chi connectivity index (χ0v) is 18.2. The van der Waals surface area contributed by atoms with Crippen LogP contribution in [-0.4, -0.2) is 29.9 Å². The van der Waals surface area contributed by atoms with Crippen molar-refractivity contribution in [2.75, 3.05) is 13.1 Å². The van der Waals surface area contributed by atoms with Gasteiger partial charge >= 0.3 is 6.18 Å². The second-order valence-electron chi connectivity index (χ2n) is 5.44. The average molecular weight is 527 g/mol. The van der Waals surface area contributed by atoms with Crippen molar-refractivity contribution in [1.29, 1.82) is 0 Å². The second-order valence-corrected chi connectivity index (χ2v) is 6.38. The highest BCUT2D eigenvalue weighted by Crippen LogP contribution is 2.29. The molecule has 0 aliphatic carbocycles. The molecule has 6 nitrogen and oxygen atoms in total. The summed E-state index contributed by atoms with van der Waals surface area (Å²) < 4.78 is 37.7. The van der Waals surface area contributed by atoms with Crippen molar-refractivity contribution in [3.63, 3.8) is 0 Å². The van der Waals surface area contributed by atoms with E-state index in [1.165, 1.54) is 0 Å². The Morgan fingerprint density at radius 1 is 1.14 bits per heavy atom. The summed E-state index contributed by atoms with van der Waals surface area (Å²) in [7, 11) is 0. The van der Waals surface area contributed by atoms with Crippen LogP contribution in [0.25, 0.3) is 0 Å². The number of aromatic nitrogens is 1. The van der Waals surface area contributed by atoms with Gasteiger partial charge in [0.2, 0.25) is 5.91 Å². The molecular weight excluding hydrogens is 506 g/mol. The Kier molecular flexibility index (Phi) is 10.2. The zero-order valence-electron chi connectivity index (χ0n) is 15.0. The number of hydrogen-bond acceptors (Lipinski definition) is 4. The maximum atomic E-state index is 12.6. The number of aliphatic imine (C=N–C) groups is 1. The molecule has 28 heavy (non-hydrogen) atoms. The highest BCUT2D eigenvalue weighted by molar-refractivity contribution is 14.0. The summed E-state index contributed by atoms with van der Waals surface area (Å²) in [6.45, 7) is 2.77. The second kappa shape index (κ2) is 11.8. The zero-order chi connectivity index (χ0) is 19.7. The maximum absolute atomic E-state index is 12.6. The van der Waals surface area contributed by atoms with Crippen LogP contribution in [0.2, 0.25) is 0 Å². The van der Waals surface area contributed by atoms with Gasteiger partial charge in [-0.05, 0) is 12.5 Å². The third-order valence-corrected chi connectivity index (χ3v) is 4.16.